The number of halogens is 3. The van der Waals surface area contributed by atoms with Crippen LogP contribution in [0.5, 0.6) is 0 Å². The smallest absolute Gasteiger partial charge is 0.193 e. The van der Waals surface area contributed by atoms with Gasteiger partial charge in [0.2, 0.25) is 0 Å². The number of aliphatic hydroxyl groups is 10. The van der Waals surface area contributed by atoms with Crippen LogP contribution in [-0.2, 0) is 66.8 Å². The first kappa shape index (κ1) is 90.7. The van der Waals surface area contributed by atoms with E-state index in [1.54, 1.807) is 79.7 Å². The summed E-state index contributed by atoms with van der Waals surface area (Å²) in [7, 11) is 0. The molecule has 15 fully saturated rings. The Hall–Kier alpha value is -5.57. The molecule has 12 saturated carbocycles. The molecule has 1 spiro atoms. The third kappa shape index (κ3) is 11.3. The van der Waals surface area contributed by atoms with E-state index < -0.39 is 205 Å². The van der Waals surface area contributed by atoms with Gasteiger partial charge in [0.25, 0.3) is 0 Å². The van der Waals surface area contributed by atoms with Crippen LogP contribution in [0.1, 0.15) is 201 Å². The molecule has 0 aromatic carbocycles. The second-order valence-corrected chi connectivity index (χ2v) is 40.5. The summed E-state index contributed by atoms with van der Waals surface area (Å²) in [4.78, 5) is 99.2. The van der Waals surface area contributed by atoms with Gasteiger partial charge in [-0.25, -0.2) is 13.2 Å². The first-order valence-corrected chi connectivity index (χ1v) is 42.6. The maximum Gasteiger partial charge on any atom is 0.193 e. The minimum atomic E-state index is -2.23. The molecule has 19 unspecified atom stereocenters. The molecule has 27 heteroatoms. The largest absolute Gasteiger partial charge is 0.393 e. The maximum absolute atomic E-state index is 17.1. The fourth-order valence-electron chi connectivity index (χ4n) is 30.2. The third-order valence-electron chi connectivity index (χ3n) is 35.6. The van der Waals surface area contributed by atoms with Crippen LogP contribution in [0.2, 0.25) is 0 Å². The van der Waals surface area contributed by atoms with Crippen molar-refractivity contribution in [3.8, 4) is 0 Å². The van der Waals surface area contributed by atoms with Crippen molar-refractivity contribution in [3.05, 3.63) is 95.2 Å². The number of ketones is 8. The Morgan fingerprint density at radius 3 is 1.32 bits per heavy atom. The van der Waals surface area contributed by atoms with Crippen molar-refractivity contribution in [3.63, 3.8) is 0 Å². The average Bonchev–Trinajstić information content (AvgIpc) is 1.51. The molecule has 120 heavy (non-hydrogen) atoms. The van der Waals surface area contributed by atoms with Gasteiger partial charge in [0.15, 0.2) is 104 Å². The fourth-order valence-corrected chi connectivity index (χ4v) is 30.2. The van der Waals surface area contributed by atoms with Gasteiger partial charge in [-0.3, -0.25) is 38.4 Å². The van der Waals surface area contributed by atoms with Crippen LogP contribution in [-0.4, -0.2) is 230 Å². The monoisotopic (exact) mass is 1680 g/mol. The van der Waals surface area contributed by atoms with Crippen LogP contribution in [0.15, 0.2) is 95.2 Å². The number of allylic oxidation sites excluding steroid dienone is 16. The van der Waals surface area contributed by atoms with Crippen LogP contribution >= 0.6 is 0 Å². The number of hydrogen-bond donors (Lipinski definition) is 10. The first-order valence-electron chi connectivity index (χ1n) is 42.6. The Morgan fingerprint density at radius 2 is 0.850 bits per heavy atom. The number of alkyl halides is 3. The minimum Gasteiger partial charge on any atom is -0.393 e. The van der Waals surface area contributed by atoms with Crippen LogP contribution in [0.4, 0.5) is 13.2 Å². The van der Waals surface area contributed by atoms with Crippen molar-refractivity contribution < 1.29 is 131 Å². The quantitative estimate of drug-likeness (QED) is 0.119. The highest BCUT2D eigenvalue weighted by molar-refractivity contribution is 6.03. The molecule has 0 radical (unpaired) electrons. The lowest BCUT2D eigenvalue weighted by Crippen LogP contribution is -2.70. The number of fused-ring (bicyclic) bond motifs is 25. The Balaban J connectivity index is 0.000000130. The second-order valence-electron chi connectivity index (χ2n) is 40.5. The summed E-state index contributed by atoms with van der Waals surface area (Å²) in [5.74, 6) is -6.29. The molecule has 3 aliphatic heterocycles. The van der Waals surface area contributed by atoms with Gasteiger partial charge in [-0.15, -0.1) is 0 Å². The van der Waals surface area contributed by atoms with E-state index in [1.165, 1.54) is 42.5 Å². The van der Waals surface area contributed by atoms with Gasteiger partial charge in [0, 0.05) is 67.0 Å². The van der Waals surface area contributed by atoms with E-state index >= 15 is 13.2 Å². The average molecular weight is 1680 g/mol. The number of rotatable bonds is 6. The van der Waals surface area contributed by atoms with Gasteiger partial charge in [-0.05, 0) is 229 Å². The number of aliphatic hydroxyl groups excluding tert-OH is 9. The molecule has 24 nitrogen and oxygen atoms in total. The summed E-state index contributed by atoms with van der Waals surface area (Å²) in [6, 6.07) is 0. The number of ether oxygens (including phenoxy) is 6. The molecule has 16 aliphatic carbocycles. The summed E-state index contributed by atoms with van der Waals surface area (Å²) >= 11 is 0. The van der Waals surface area contributed by atoms with E-state index in [2.05, 4.69) is 6.92 Å². The van der Waals surface area contributed by atoms with E-state index in [1.807, 2.05) is 26.8 Å². The number of Topliss-reactive ketones (excluding diaryl/α,β-unsaturated/α-hetero) is 4. The van der Waals surface area contributed by atoms with Crippen LogP contribution in [0, 0.1) is 96.6 Å². The van der Waals surface area contributed by atoms with Crippen molar-refractivity contribution in [1.29, 1.82) is 0 Å². The zero-order chi connectivity index (χ0) is 85.8. The highest BCUT2D eigenvalue weighted by Crippen LogP contribution is 2.77. The highest BCUT2D eigenvalue weighted by Gasteiger charge is 2.84. The summed E-state index contributed by atoms with van der Waals surface area (Å²) in [6.07, 6.45) is 15.1. The highest BCUT2D eigenvalue weighted by atomic mass is 19.2. The molecule has 0 aromatic rings. The number of hydrogen-bond acceptors (Lipinski definition) is 24. The Kier molecular flexibility index (Phi) is 22.1. The molecule has 662 valence electrons. The third-order valence-corrected chi connectivity index (χ3v) is 35.6. The van der Waals surface area contributed by atoms with Gasteiger partial charge in [-0.2, -0.15) is 0 Å². The lowest BCUT2D eigenvalue weighted by molar-refractivity contribution is -0.284. The molecule has 19 rings (SSSR count). The van der Waals surface area contributed by atoms with E-state index in [0.29, 0.717) is 69.8 Å². The molecule has 0 bridgehead atoms. The van der Waals surface area contributed by atoms with Crippen molar-refractivity contribution >= 4 is 46.3 Å². The second kappa shape index (κ2) is 29.2. The molecule has 0 amide bonds. The van der Waals surface area contributed by atoms with Gasteiger partial charge in [-0.1, -0.05) is 96.1 Å². The summed E-state index contributed by atoms with van der Waals surface area (Å²) < 4.78 is 86.8. The summed E-state index contributed by atoms with van der Waals surface area (Å²) in [5, 5.41) is 107. The maximum atomic E-state index is 17.1. The van der Waals surface area contributed by atoms with Crippen LogP contribution < -0.4 is 0 Å². The van der Waals surface area contributed by atoms with Gasteiger partial charge < -0.3 is 79.5 Å². The Morgan fingerprint density at radius 1 is 0.442 bits per heavy atom. The summed E-state index contributed by atoms with van der Waals surface area (Å²) in [6.45, 7) is 19.2. The lowest BCUT2D eigenvalue weighted by Gasteiger charge is -2.62. The standard InChI is InChI=1S/C24H31FO6.C23H29FO6.C23H30O6.C21H27FO6.2CH4/c1-20(2)30-19-10-16-15-6-5-13-9-14(27)7-8-21(13,3)23(15,25)17(28)11-22(16,4)24(19,31-20)18(29)12-26;1-12-29-19-9-16-15-5-4-13-8-14(26)6-7-20(13,2)22(15,24)17(27)10-21(16,3)23(19,30-12)18(28)11-25;1-12-28-11-19(27)23(29-12)18(26)9-16-15-5-4-13-8-14(24)6-7-21(13,2)20(15)17(25)10-22(16,23)3;1-18-6-5-12(24)7-11(18)3-4-13-14-8-15(25)21(28,17(27)10-23)19(14,2)9-16(26)20(13,18)22;;/h7-9,15-17,19,26,28H,5-6,10-12H2,1-4H3;6-8,12,15-17,19,25,27H,4-5,9-11H2,1-3H3;6-8,12,15-18,20,25-26H,4-5,9-11H2,1-3H3;5-7,13-16,23,25-26,28H,3-4,8-10H2,1-2H3;2*1H4/t15?,16?,17?,19-,21?,22?,23+,24-;12?,15-,16-,17-,19+,20-,21-,22-,23+;;13?,14?,15-,16?,18+,19?,20+,21+;;/m10.1../s1. The van der Waals surface area contributed by atoms with Gasteiger partial charge in [0.1, 0.15) is 26.4 Å². The Bertz CT molecular complexity index is 4560. The van der Waals surface area contributed by atoms with E-state index in [4.69, 9.17) is 28.4 Å². The fraction of sp³-hybridized carbons (Fsp3) is 0.742. The molecule has 34 atom stereocenters. The van der Waals surface area contributed by atoms with Crippen molar-refractivity contribution in [1.82, 2.24) is 0 Å². The first-order chi connectivity index (χ1) is 55.0. The molecular weight excluding hydrogens is 1560 g/mol. The Labute approximate surface area is 699 Å². The van der Waals surface area contributed by atoms with Gasteiger partial charge >= 0.3 is 0 Å². The predicted molar refractivity (Wildman–Crippen MR) is 426 cm³/mol. The normalized spacial score (nSPS) is 52.3. The number of carbonyl (C=O) groups excluding carboxylic acids is 8. The van der Waals surface area contributed by atoms with Crippen LogP contribution in [0.3, 0.4) is 0 Å². The minimum absolute atomic E-state index is 0. The number of carbonyl (C=O) groups is 8. The summed E-state index contributed by atoms with van der Waals surface area (Å²) in [5.41, 5.74) is -16.6. The van der Waals surface area contributed by atoms with E-state index in [-0.39, 0.29) is 111 Å². The molecule has 10 N–H and O–H groups in total. The molecule has 3 saturated heterocycles. The molecule has 19 aliphatic rings. The van der Waals surface area contributed by atoms with Crippen molar-refractivity contribution in [2.45, 2.75) is 307 Å². The molecule has 3 heterocycles. The zero-order valence-corrected chi connectivity index (χ0v) is 69.4. The SMILES string of the molecule is C.C.CC1(C)O[C@@H]2CC3C4CCC5=CC(=O)C=CC5(C)[C@@]4(F)C(O)CC3(C)[C@]2(C(=O)CO)O1.CC12CC(O)[C@@]3(F)C(CCC4=CC(=O)C=C[C@@]43C)C1C[C@@H](O)[C@]2(O)C(=O)CO.CC1OCC(=O)C2(O1)C(O)CC1C3CCC4=CC(=O)C=CC4(C)C3C(O)CC12C.CC1O[C@@H]2C[C@H]3[C@@H]4CCC5=CC(=O)C=C[C@]5(C)[C@@]4(F)[C@@H](O)C[C@]3(C)[C@]2(C(=O)CO)O1. The molecular formula is C93H125F3O24. The van der Waals surface area contributed by atoms with Crippen molar-refractivity contribution in [2.24, 2.45) is 96.6 Å². The topological polar surface area (TPSA) is 394 Å². The van der Waals surface area contributed by atoms with Crippen LogP contribution in [0.25, 0.3) is 0 Å². The van der Waals surface area contributed by atoms with E-state index in [0.717, 1.165) is 29.6 Å². The van der Waals surface area contributed by atoms with E-state index in [9.17, 15) is 89.4 Å². The molecule has 0 aromatic heterocycles. The lowest BCUT2D eigenvalue weighted by atomic mass is 9.44. The zero-order valence-electron chi connectivity index (χ0n) is 69.4. The predicted octanol–water partition coefficient (Wildman–Crippen LogP) is 8.28. The van der Waals surface area contributed by atoms with Gasteiger partial charge in [0.05, 0.1) is 48.8 Å². The van der Waals surface area contributed by atoms with Crippen molar-refractivity contribution in [2.75, 3.05) is 26.4 Å².